The molecular formula is C23H33IN4O3S. The second-order valence-electron chi connectivity index (χ2n) is 8.10. The van der Waals surface area contributed by atoms with E-state index >= 15 is 0 Å². The Hall–Kier alpha value is -1.85. The van der Waals surface area contributed by atoms with E-state index in [2.05, 4.69) is 32.5 Å². The lowest BCUT2D eigenvalue weighted by Crippen LogP contribution is -2.36. The minimum absolute atomic E-state index is 0. The number of halogens is 1. The standard InChI is InChI=1S/C23H32N4O3S.HI/c1-16(2)30-22-13-17(3)5-8-19(22)15-26-23(24-4)25-14-18-6-11-21(12-7-18)31(28,29)27-20-9-10-20;/h5-8,11-13,16,20,27H,9-10,14-15H2,1-4H3,(H2,24,25,26);1H. The fourth-order valence-corrected chi connectivity index (χ4v) is 4.34. The van der Waals surface area contributed by atoms with Crippen molar-refractivity contribution in [1.29, 1.82) is 0 Å². The van der Waals surface area contributed by atoms with E-state index in [1.807, 2.05) is 39.0 Å². The van der Waals surface area contributed by atoms with Crippen LogP contribution in [0.5, 0.6) is 5.75 Å². The zero-order valence-electron chi connectivity index (χ0n) is 19.0. The van der Waals surface area contributed by atoms with Crippen LogP contribution in [0.4, 0.5) is 0 Å². The maximum Gasteiger partial charge on any atom is 0.240 e. The monoisotopic (exact) mass is 572 g/mol. The highest BCUT2D eigenvalue weighted by atomic mass is 127. The van der Waals surface area contributed by atoms with Crippen molar-refractivity contribution in [3.63, 3.8) is 0 Å². The van der Waals surface area contributed by atoms with Crippen molar-refractivity contribution in [1.82, 2.24) is 15.4 Å². The van der Waals surface area contributed by atoms with Gasteiger partial charge in [0.05, 0.1) is 11.0 Å². The van der Waals surface area contributed by atoms with Gasteiger partial charge >= 0.3 is 0 Å². The van der Waals surface area contributed by atoms with Crippen LogP contribution in [0.2, 0.25) is 0 Å². The molecule has 0 unspecified atom stereocenters. The third-order valence-electron chi connectivity index (χ3n) is 4.85. The lowest BCUT2D eigenvalue weighted by Gasteiger charge is -2.17. The average Bonchev–Trinajstić information content (AvgIpc) is 3.52. The number of aliphatic imine (C=N–C) groups is 1. The fraction of sp³-hybridized carbons (Fsp3) is 0.435. The first-order chi connectivity index (χ1) is 14.8. The van der Waals surface area contributed by atoms with Gasteiger partial charge in [-0.3, -0.25) is 4.99 Å². The second kappa shape index (κ2) is 11.9. The van der Waals surface area contributed by atoms with Crippen molar-refractivity contribution in [3.8, 4) is 5.75 Å². The van der Waals surface area contributed by atoms with Crippen LogP contribution in [0.1, 0.15) is 43.4 Å². The minimum atomic E-state index is -3.42. The van der Waals surface area contributed by atoms with Crippen molar-refractivity contribution >= 4 is 40.0 Å². The fourth-order valence-electron chi connectivity index (χ4n) is 3.03. The molecule has 1 saturated carbocycles. The molecular weight excluding hydrogens is 539 g/mol. The number of sulfonamides is 1. The smallest absolute Gasteiger partial charge is 0.240 e. The summed E-state index contributed by atoms with van der Waals surface area (Å²) in [6.07, 6.45) is 1.94. The molecule has 1 aliphatic rings. The largest absolute Gasteiger partial charge is 0.491 e. The summed E-state index contributed by atoms with van der Waals surface area (Å²) in [5.41, 5.74) is 3.17. The first-order valence-electron chi connectivity index (χ1n) is 10.6. The maximum atomic E-state index is 12.3. The summed E-state index contributed by atoms with van der Waals surface area (Å²) in [4.78, 5) is 4.56. The maximum absolute atomic E-state index is 12.3. The highest BCUT2D eigenvalue weighted by Crippen LogP contribution is 2.23. The molecule has 1 fully saturated rings. The lowest BCUT2D eigenvalue weighted by atomic mass is 10.1. The molecule has 2 aromatic carbocycles. The van der Waals surface area contributed by atoms with Gasteiger partial charge in [-0.25, -0.2) is 13.1 Å². The van der Waals surface area contributed by atoms with E-state index in [-0.39, 0.29) is 36.1 Å². The molecule has 0 aromatic heterocycles. The summed E-state index contributed by atoms with van der Waals surface area (Å²) in [6, 6.07) is 13.2. The number of guanidine groups is 1. The number of nitrogens with one attached hydrogen (secondary N) is 3. The first-order valence-corrected chi connectivity index (χ1v) is 12.1. The zero-order valence-corrected chi connectivity index (χ0v) is 22.2. The van der Waals surface area contributed by atoms with Gasteiger partial charge in [-0.15, -0.1) is 24.0 Å². The SMILES string of the molecule is CN=C(NCc1ccc(S(=O)(=O)NC2CC2)cc1)NCc1ccc(C)cc1OC(C)C.I. The van der Waals surface area contributed by atoms with E-state index in [0.29, 0.717) is 23.9 Å². The number of aryl methyl sites for hydroxylation is 1. The third-order valence-corrected chi connectivity index (χ3v) is 6.38. The Kier molecular flexibility index (Phi) is 9.78. The van der Waals surface area contributed by atoms with Gasteiger partial charge in [0.2, 0.25) is 10.0 Å². The van der Waals surface area contributed by atoms with E-state index in [1.54, 1.807) is 19.2 Å². The van der Waals surface area contributed by atoms with E-state index in [1.165, 1.54) is 0 Å². The summed E-state index contributed by atoms with van der Waals surface area (Å²) < 4.78 is 33.2. The van der Waals surface area contributed by atoms with Crippen molar-refractivity contribution < 1.29 is 13.2 Å². The zero-order chi connectivity index (χ0) is 22.4. The molecule has 0 bridgehead atoms. The van der Waals surface area contributed by atoms with Gasteiger partial charge in [-0.05, 0) is 62.9 Å². The Morgan fingerprint density at radius 2 is 1.75 bits per heavy atom. The third kappa shape index (κ3) is 7.93. The van der Waals surface area contributed by atoms with E-state index < -0.39 is 10.0 Å². The highest BCUT2D eigenvalue weighted by molar-refractivity contribution is 14.0. The Labute approximate surface area is 208 Å². The molecule has 32 heavy (non-hydrogen) atoms. The van der Waals surface area contributed by atoms with Crippen molar-refractivity contribution in [2.45, 2.75) is 63.7 Å². The molecule has 0 aliphatic heterocycles. The second-order valence-corrected chi connectivity index (χ2v) is 9.81. The van der Waals surface area contributed by atoms with Crippen molar-refractivity contribution in [2.24, 2.45) is 4.99 Å². The molecule has 0 radical (unpaired) electrons. The molecule has 176 valence electrons. The van der Waals surface area contributed by atoms with Gasteiger partial charge in [-0.2, -0.15) is 0 Å². The van der Waals surface area contributed by atoms with Crippen LogP contribution in [0.25, 0.3) is 0 Å². The normalized spacial score (nSPS) is 14.1. The summed E-state index contributed by atoms with van der Waals surface area (Å²) in [7, 11) is -1.71. The van der Waals surface area contributed by atoms with E-state index in [4.69, 9.17) is 4.74 Å². The molecule has 0 amide bonds. The summed E-state index contributed by atoms with van der Waals surface area (Å²) in [6.45, 7) is 7.17. The van der Waals surface area contributed by atoms with Crippen LogP contribution in [0.15, 0.2) is 52.4 Å². The van der Waals surface area contributed by atoms with Crippen LogP contribution >= 0.6 is 24.0 Å². The summed E-state index contributed by atoms with van der Waals surface area (Å²) in [5.74, 6) is 1.53. The Balaban J connectivity index is 0.00000363. The van der Waals surface area contributed by atoms with E-state index in [0.717, 1.165) is 35.3 Å². The first kappa shape index (κ1) is 26.4. The molecule has 3 rings (SSSR count). The molecule has 0 spiro atoms. The summed E-state index contributed by atoms with van der Waals surface area (Å²) in [5, 5.41) is 6.57. The van der Waals surface area contributed by atoms with E-state index in [9.17, 15) is 8.42 Å². The van der Waals surface area contributed by atoms with Crippen LogP contribution < -0.4 is 20.1 Å². The van der Waals surface area contributed by atoms with Crippen molar-refractivity contribution in [3.05, 3.63) is 59.2 Å². The van der Waals surface area contributed by atoms with Crippen LogP contribution in [-0.4, -0.2) is 33.6 Å². The van der Waals surface area contributed by atoms with Crippen LogP contribution in [0.3, 0.4) is 0 Å². The number of hydrogen-bond acceptors (Lipinski definition) is 4. The molecule has 3 N–H and O–H groups in total. The molecule has 1 aliphatic carbocycles. The van der Waals surface area contributed by atoms with Crippen LogP contribution in [-0.2, 0) is 23.1 Å². The van der Waals surface area contributed by atoms with Crippen molar-refractivity contribution in [2.75, 3.05) is 7.05 Å². The van der Waals surface area contributed by atoms with Crippen LogP contribution in [0, 0.1) is 6.92 Å². The predicted octanol–water partition coefficient (Wildman–Crippen LogP) is 3.71. The van der Waals surface area contributed by atoms with Gasteiger partial charge in [-0.1, -0.05) is 24.3 Å². The van der Waals surface area contributed by atoms with Gasteiger partial charge < -0.3 is 15.4 Å². The lowest BCUT2D eigenvalue weighted by molar-refractivity contribution is 0.239. The number of nitrogens with zero attached hydrogens (tertiary/aromatic N) is 1. The number of rotatable bonds is 9. The molecule has 9 heteroatoms. The Bertz CT molecular complexity index is 1020. The molecule has 2 aromatic rings. The predicted molar refractivity (Wildman–Crippen MR) is 139 cm³/mol. The molecule has 7 nitrogen and oxygen atoms in total. The number of ether oxygens (including phenoxy) is 1. The topological polar surface area (TPSA) is 91.8 Å². The molecule has 0 atom stereocenters. The minimum Gasteiger partial charge on any atom is -0.491 e. The Morgan fingerprint density at radius 1 is 1.09 bits per heavy atom. The molecule has 0 saturated heterocycles. The Morgan fingerprint density at radius 3 is 2.34 bits per heavy atom. The molecule has 0 heterocycles. The quantitative estimate of drug-likeness (QED) is 0.242. The number of benzene rings is 2. The summed E-state index contributed by atoms with van der Waals surface area (Å²) >= 11 is 0. The highest BCUT2D eigenvalue weighted by Gasteiger charge is 2.27. The number of hydrogen-bond donors (Lipinski definition) is 3. The van der Waals surface area contributed by atoms with Gasteiger partial charge in [0.25, 0.3) is 0 Å². The van der Waals surface area contributed by atoms with Gasteiger partial charge in [0.15, 0.2) is 5.96 Å². The van der Waals surface area contributed by atoms with Gasteiger partial charge in [0.1, 0.15) is 5.75 Å². The average molecular weight is 573 g/mol. The van der Waals surface area contributed by atoms with Gasteiger partial charge in [0, 0.05) is 31.7 Å².